The summed E-state index contributed by atoms with van der Waals surface area (Å²) in [6.07, 6.45) is -0.714. The molecule has 0 bridgehead atoms. The molecule has 0 aliphatic rings. The minimum absolute atomic E-state index is 0.0349. The Morgan fingerprint density at radius 3 is 2.26 bits per heavy atom. The summed E-state index contributed by atoms with van der Waals surface area (Å²) in [5, 5.41) is 0.700. The third-order valence-corrected chi connectivity index (χ3v) is 3.29. The van der Waals surface area contributed by atoms with Crippen molar-refractivity contribution in [3.8, 4) is 0 Å². The number of carbonyl (C=O) groups is 3. The van der Waals surface area contributed by atoms with E-state index in [0.717, 1.165) is 11.7 Å². The molecule has 0 N–H and O–H groups in total. The monoisotopic (exact) mass is 317 g/mol. The first-order valence-electron chi connectivity index (χ1n) is 7.13. The second kappa shape index (κ2) is 5.87. The van der Waals surface area contributed by atoms with E-state index in [1.54, 1.807) is 52.0 Å². The summed E-state index contributed by atoms with van der Waals surface area (Å²) in [4.78, 5) is 36.6. The lowest BCUT2D eigenvalue weighted by molar-refractivity contribution is -0.135. The number of Topliss-reactive ketones (excluding diaryl/α,β-unsaturated/α-hetero) is 1. The second-order valence-electron chi connectivity index (χ2n) is 6.13. The number of aromatic nitrogens is 1. The molecular formula is C17H19NO5. The molecule has 0 saturated heterocycles. The zero-order valence-corrected chi connectivity index (χ0v) is 13.8. The van der Waals surface area contributed by atoms with Crippen molar-refractivity contribution in [3.63, 3.8) is 0 Å². The van der Waals surface area contributed by atoms with Crippen molar-refractivity contribution >= 4 is 28.7 Å². The van der Waals surface area contributed by atoms with Crippen molar-refractivity contribution in [2.45, 2.75) is 33.3 Å². The first-order chi connectivity index (χ1) is 10.7. The molecule has 0 atom stereocenters. The lowest BCUT2D eigenvalue weighted by Gasteiger charge is -2.20. The quantitative estimate of drug-likeness (QED) is 0.483. The average Bonchev–Trinajstić information content (AvgIpc) is 2.77. The van der Waals surface area contributed by atoms with Crippen LogP contribution in [0, 0.1) is 6.92 Å². The number of aryl methyl sites for hydroxylation is 1. The molecule has 0 spiro atoms. The fourth-order valence-electron chi connectivity index (χ4n) is 2.36. The molecule has 1 heterocycles. The van der Waals surface area contributed by atoms with Gasteiger partial charge in [0.05, 0.1) is 12.6 Å². The Bertz CT molecular complexity index is 795. The highest BCUT2D eigenvalue weighted by Gasteiger charge is 2.30. The molecule has 0 amide bonds. The van der Waals surface area contributed by atoms with E-state index in [2.05, 4.69) is 4.74 Å². The number of hydrogen-bond donors (Lipinski definition) is 0. The minimum atomic E-state index is -1.03. The highest BCUT2D eigenvalue weighted by molar-refractivity contribution is 6.41. The lowest BCUT2D eigenvalue weighted by atomic mass is 10.1. The van der Waals surface area contributed by atoms with E-state index < -0.39 is 23.4 Å². The number of methoxy groups -OCH3 is 1. The third-order valence-electron chi connectivity index (χ3n) is 3.29. The number of esters is 1. The van der Waals surface area contributed by atoms with Crippen molar-refractivity contribution in [2.75, 3.05) is 7.11 Å². The minimum Gasteiger partial charge on any atom is -0.463 e. The number of nitrogens with zero attached hydrogens (tertiary/aromatic N) is 1. The molecule has 6 heteroatoms. The Balaban J connectivity index is 2.72. The zero-order valence-electron chi connectivity index (χ0n) is 13.8. The molecule has 23 heavy (non-hydrogen) atoms. The van der Waals surface area contributed by atoms with Gasteiger partial charge in [0.2, 0.25) is 0 Å². The van der Waals surface area contributed by atoms with Crippen molar-refractivity contribution in [2.24, 2.45) is 0 Å². The third kappa shape index (κ3) is 3.11. The second-order valence-corrected chi connectivity index (χ2v) is 6.13. The van der Waals surface area contributed by atoms with Gasteiger partial charge in [0.25, 0.3) is 5.78 Å². The van der Waals surface area contributed by atoms with Crippen LogP contribution in [0.25, 0.3) is 10.9 Å². The van der Waals surface area contributed by atoms with Gasteiger partial charge in [-0.15, -0.1) is 0 Å². The van der Waals surface area contributed by atoms with Gasteiger partial charge in [-0.3, -0.25) is 4.79 Å². The largest absolute Gasteiger partial charge is 0.463 e. The molecule has 2 rings (SSSR count). The topological polar surface area (TPSA) is 74.6 Å². The first kappa shape index (κ1) is 16.7. The lowest BCUT2D eigenvalue weighted by Crippen LogP contribution is -2.30. The number of para-hydroxylation sites is 1. The van der Waals surface area contributed by atoms with Gasteiger partial charge >= 0.3 is 12.1 Å². The van der Waals surface area contributed by atoms with E-state index in [9.17, 15) is 14.4 Å². The summed E-state index contributed by atoms with van der Waals surface area (Å²) < 4.78 is 11.0. The summed E-state index contributed by atoms with van der Waals surface area (Å²) in [6, 6.07) is 7.01. The number of ketones is 1. The standard InChI is InChI=1S/C17H19NO5/c1-10-11-8-6-7-9-12(11)18(16(21)23-17(2,3)4)13(10)14(19)15(20)22-5/h6-9H,1-5H3. The number of hydrogen-bond acceptors (Lipinski definition) is 5. The van der Waals surface area contributed by atoms with E-state index in [1.165, 1.54) is 0 Å². The Morgan fingerprint density at radius 2 is 1.70 bits per heavy atom. The summed E-state index contributed by atoms with van der Waals surface area (Å²) in [7, 11) is 1.12. The van der Waals surface area contributed by atoms with Crippen LogP contribution in [-0.2, 0) is 14.3 Å². The fraction of sp³-hybridized carbons (Fsp3) is 0.353. The van der Waals surface area contributed by atoms with E-state index in [-0.39, 0.29) is 5.69 Å². The number of carbonyl (C=O) groups excluding carboxylic acids is 3. The van der Waals surface area contributed by atoms with Crippen molar-refractivity contribution in [3.05, 3.63) is 35.5 Å². The van der Waals surface area contributed by atoms with Gasteiger partial charge in [-0.1, -0.05) is 18.2 Å². The molecule has 0 radical (unpaired) electrons. The van der Waals surface area contributed by atoms with E-state index in [4.69, 9.17) is 4.74 Å². The van der Waals surface area contributed by atoms with Crippen molar-refractivity contribution in [1.29, 1.82) is 0 Å². The molecule has 122 valence electrons. The van der Waals surface area contributed by atoms with Crippen LogP contribution in [0.3, 0.4) is 0 Å². The van der Waals surface area contributed by atoms with Crippen LogP contribution in [0.5, 0.6) is 0 Å². The maximum Gasteiger partial charge on any atom is 0.419 e. The Kier molecular flexibility index (Phi) is 4.27. The van der Waals surface area contributed by atoms with Crippen LogP contribution in [0.15, 0.2) is 24.3 Å². The highest BCUT2D eigenvalue weighted by Crippen LogP contribution is 2.27. The van der Waals surface area contributed by atoms with Crippen molar-refractivity contribution in [1.82, 2.24) is 4.57 Å². The molecule has 2 aromatic rings. The maximum atomic E-state index is 12.6. The van der Waals surface area contributed by atoms with Gasteiger partial charge in [-0.25, -0.2) is 14.2 Å². The predicted octanol–water partition coefficient (Wildman–Crippen LogP) is 3.09. The van der Waals surface area contributed by atoms with Crippen LogP contribution < -0.4 is 0 Å². The average molecular weight is 317 g/mol. The van der Waals surface area contributed by atoms with Crippen molar-refractivity contribution < 1.29 is 23.9 Å². The van der Waals surface area contributed by atoms with Crippen LogP contribution in [0.2, 0.25) is 0 Å². The molecule has 0 aliphatic heterocycles. The van der Waals surface area contributed by atoms with Crippen LogP contribution in [0.4, 0.5) is 4.79 Å². The summed E-state index contributed by atoms with van der Waals surface area (Å²) in [5.74, 6) is -1.91. The smallest absolute Gasteiger partial charge is 0.419 e. The fourth-order valence-corrected chi connectivity index (χ4v) is 2.36. The maximum absolute atomic E-state index is 12.6. The summed E-state index contributed by atoms with van der Waals surface area (Å²) in [6.45, 7) is 6.86. The van der Waals surface area contributed by atoms with Crippen LogP contribution >= 0.6 is 0 Å². The SMILES string of the molecule is COC(=O)C(=O)c1c(C)c2ccccc2n1C(=O)OC(C)(C)C. The number of fused-ring (bicyclic) bond motifs is 1. The first-order valence-corrected chi connectivity index (χ1v) is 7.13. The summed E-state index contributed by atoms with van der Waals surface area (Å²) >= 11 is 0. The van der Waals surface area contributed by atoms with Gasteiger partial charge in [-0.05, 0) is 39.3 Å². The number of benzene rings is 1. The molecule has 1 aromatic carbocycles. The Hall–Kier alpha value is -2.63. The molecule has 0 fully saturated rings. The Morgan fingerprint density at radius 1 is 1.09 bits per heavy atom. The zero-order chi connectivity index (χ0) is 17.4. The van der Waals surface area contributed by atoms with E-state index >= 15 is 0 Å². The van der Waals surface area contributed by atoms with E-state index in [1.807, 2.05) is 0 Å². The van der Waals surface area contributed by atoms with Gasteiger partial charge < -0.3 is 9.47 Å². The molecule has 0 unspecified atom stereocenters. The van der Waals surface area contributed by atoms with Crippen LogP contribution in [-0.4, -0.2) is 35.1 Å². The van der Waals surface area contributed by atoms with Gasteiger partial charge in [0.15, 0.2) is 0 Å². The highest BCUT2D eigenvalue weighted by atomic mass is 16.6. The summed E-state index contributed by atoms with van der Waals surface area (Å²) in [5.41, 5.74) is 0.266. The Labute approximate surface area is 134 Å². The van der Waals surface area contributed by atoms with Gasteiger partial charge in [0, 0.05) is 5.39 Å². The molecule has 0 saturated carbocycles. The van der Waals surface area contributed by atoms with E-state index in [0.29, 0.717) is 16.5 Å². The van der Waals surface area contributed by atoms with Gasteiger partial charge in [-0.2, -0.15) is 0 Å². The molecule has 6 nitrogen and oxygen atoms in total. The molecule has 1 aromatic heterocycles. The predicted molar refractivity (Wildman–Crippen MR) is 84.7 cm³/mol. The van der Waals surface area contributed by atoms with Crippen LogP contribution in [0.1, 0.15) is 36.8 Å². The van der Waals surface area contributed by atoms with Gasteiger partial charge in [0.1, 0.15) is 11.3 Å². The molecule has 0 aliphatic carbocycles. The molecular weight excluding hydrogens is 298 g/mol. The number of rotatable bonds is 2. The number of ether oxygens (including phenoxy) is 2. The normalized spacial score (nSPS) is 11.3.